The summed E-state index contributed by atoms with van der Waals surface area (Å²) in [6, 6.07) is 0. The molecule has 13 heavy (non-hydrogen) atoms. The highest BCUT2D eigenvalue weighted by molar-refractivity contribution is 6.32. The molecule has 0 aromatic carbocycles. The third-order valence-corrected chi connectivity index (χ3v) is 2.43. The fourth-order valence-corrected chi connectivity index (χ4v) is 1.05. The van der Waals surface area contributed by atoms with Crippen molar-refractivity contribution in [3.8, 4) is 0 Å². The maximum atomic E-state index is 5.92. The van der Waals surface area contributed by atoms with Crippen molar-refractivity contribution in [3.05, 3.63) is 22.5 Å². The van der Waals surface area contributed by atoms with Crippen LogP contribution < -0.4 is 5.32 Å². The van der Waals surface area contributed by atoms with Crippen molar-refractivity contribution < 1.29 is 0 Å². The lowest BCUT2D eigenvalue weighted by atomic mass is 10.3. The molecule has 0 unspecified atom stereocenters. The van der Waals surface area contributed by atoms with Gasteiger partial charge in [0.1, 0.15) is 5.15 Å². The second-order valence-corrected chi connectivity index (χ2v) is 3.36. The standard InChI is InChI=1S/C8H11Cl2N3/c1-6(3-9)4-11-7-5-12-13(2)8(7)10/h3,5,11H,4H2,1-2H3/b6-3+. The van der Waals surface area contributed by atoms with E-state index in [2.05, 4.69) is 10.4 Å². The van der Waals surface area contributed by atoms with Crippen molar-refractivity contribution in [2.24, 2.45) is 7.05 Å². The van der Waals surface area contributed by atoms with Crippen molar-refractivity contribution in [1.29, 1.82) is 0 Å². The minimum atomic E-state index is 0.599. The molecular formula is C8H11Cl2N3. The molecule has 3 nitrogen and oxygen atoms in total. The Morgan fingerprint density at radius 1 is 1.77 bits per heavy atom. The summed E-state index contributed by atoms with van der Waals surface area (Å²) in [5.74, 6) is 0. The number of nitrogens with one attached hydrogen (secondary N) is 1. The van der Waals surface area contributed by atoms with Crippen LogP contribution in [0.1, 0.15) is 6.92 Å². The first-order chi connectivity index (χ1) is 6.15. The lowest BCUT2D eigenvalue weighted by Crippen LogP contribution is -2.02. The zero-order chi connectivity index (χ0) is 9.84. The summed E-state index contributed by atoms with van der Waals surface area (Å²) in [5.41, 5.74) is 3.40. The van der Waals surface area contributed by atoms with Crippen LogP contribution in [-0.2, 0) is 7.05 Å². The zero-order valence-electron chi connectivity index (χ0n) is 7.51. The Balaban J connectivity index is 2.60. The summed E-state index contributed by atoms with van der Waals surface area (Å²) in [7, 11) is 1.79. The predicted molar refractivity (Wildman–Crippen MR) is 56.3 cm³/mol. The Kier molecular flexibility index (Phi) is 3.63. The van der Waals surface area contributed by atoms with Crippen molar-refractivity contribution >= 4 is 28.9 Å². The lowest BCUT2D eigenvalue weighted by Gasteiger charge is -2.03. The molecule has 0 saturated heterocycles. The van der Waals surface area contributed by atoms with Gasteiger partial charge in [0.15, 0.2) is 0 Å². The fraction of sp³-hybridized carbons (Fsp3) is 0.375. The fourth-order valence-electron chi connectivity index (χ4n) is 0.814. The van der Waals surface area contributed by atoms with E-state index in [0.29, 0.717) is 11.7 Å². The number of rotatable bonds is 3. The number of hydrogen-bond donors (Lipinski definition) is 1. The minimum Gasteiger partial charge on any atom is -0.377 e. The Morgan fingerprint density at radius 2 is 2.46 bits per heavy atom. The Hall–Kier alpha value is -0.670. The molecule has 0 fully saturated rings. The zero-order valence-corrected chi connectivity index (χ0v) is 9.02. The van der Waals surface area contributed by atoms with Crippen LogP contribution in [0.5, 0.6) is 0 Å². The molecular weight excluding hydrogens is 209 g/mol. The summed E-state index contributed by atoms with van der Waals surface area (Å²) in [5, 5.41) is 7.71. The minimum absolute atomic E-state index is 0.599. The van der Waals surface area contributed by atoms with Crippen LogP contribution in [-0.4, -0.2) is 16.3 Å². The molecule has 1 aromatic rings. The Morgan fingerprint density at radius 3 is 2.92 bits per heavy atom. The number of nitrogens with zero attached hydrogens (tertiary/aromatic N) is 2. The van der Waals surface area contributed by atoms with Gasteiger partial charge in [-0.3, -0.25) is 4.68 Å². The molecule has 0 aliphatic heterocycles. The molecule has 1 aromatic heterocycles. The number of aryl methyl sites for hydroxylation is 1. The number of aromatic nitrogens is 2. The molecule has 0 saturated carbocycles. The molecule has 0 aliphatic carbocycles. The van der Waals surface area contributed by atoms with Gasteiger partial charge in [-0.15, -0.1) is 0 Å². The summed E-state index contributed by atoms with van der Waals surface area (Å²) < 4.78 is 1.60. The van der Waals surface area contributed by atoms with Crippen molar-refractivity contribution in [3.63, 3.8) is 0 Å². The van der Waals surface area contributed by atoms with E-state index in [9.17, 15) is 0 Å². The molecule has 0 amide bonds. The summed E-state index contributed by atoms with van der Waals surface area (Å²) in [6.45, 7) is 2.61. The van der Waals surface area contributed by atoms with Gasteiger partial charge in [0, 0.05) is 19.1 Å². The van der Waals surface area contributed by atoms with E-state index in [-0.39, 0.29) is 0 Å². The van der Waals surface area contributed by atoms with Gasteiger partial charge in [0.25, 0.3) is 0 Å². The van der Waals surface area contributed by atoms with Crippen molar-refractivity contribution in [1.82, 2.24) is 9.78 Å². The normalized spacial score (nSPS) is 11.8. The van der Waals surface area contributed by atoms with Gasteiger partial charge in [0.2, 0.25) is 0 Å². The smallest absolute Gasteiger partial charge is 0.149 e. The Labute approximate surface area is 87.3 Å². The van der Waals surface area contributed by atoms with Crippen LogP contribution in [0.2, 0.25) is 5.15 Å². The molecule has 0 atom stereocenters. The SMILES string of the molecule is C/C(=C\Cl)CNc1cnn(C)c1Cl. The quantitative estimate of drug-likeness (QED) is 0.848. The molecule has 5 heteroatoms. The van der Waals surface area contributed by atoms with E-state index >= 15 is 0 Å². The first-order valence-corrected chi connectivity index (χ1v) is 4.64. The van der Waals surface area contributed by atoms with Gasteiger partial charge >= 0.3 is 0 Å². The summed E-state index contributed by atoms with van der Waals surface area (Å²) in [4.78, 5) is 0. The lowest BCUT2D eigenvalue weighted by molar-refractivity contribution is 0.769. The van der Waals surface area contributed by atoms with E-state index in [4.69, 9.17) is 23.2 Å². The Bertz CT molecular complexity index is 317. The highest BCUT2D eigenvalue weighted by Gasteiger charge is 2.03. The van der Waals surface area contributed by atoms with Gasteiger partial charge in [-0.05, 0) is 12.5 Å². The third kappa shape index (κ3) is 2.64. The van der Waals surface area contributed by atoms with Gasteiger partial charge < -0.3 is 5.32 Å². The van der Waals surface area contributed by atoms with Crippen LogP contribution in [0.25, 0.3) is 0 Å². The third-order valence-electron chi connectivity index (χ3n) is 1.61. The second-order valence-electron chi connectivity index (χ2n) is 2.78. The van der Waals surface area contributed by atoms with Crippen LogP contribution >= 0.6 is 23.2 Å². The largest absolute Gasteiger partial charge is 0.377 e. The van der Waals surface area contributed by atoms with Gasteiger partial charge in [0.05, 0.1) is 11.9 Å². The van der Waals surface area contributed by atoms with E-state index in [0.717, 1.165) is 11.3 Å². The van der Waals surface area contributed by atoms with E-state index < -0.39 is 0 Å². The molecule has 1 heterocycles. The summed E-state index contributed by atoms with van der Waals surface area (Å²) in [6.07, 6.45) is 1.68. The predicted octanol–water partition coefficient (Wildman–Crippen LogP) is 2.63. The van der Waals surface area contributed by atoms with Crippen LogP contribution in [0.15, 0.2) is 17.3 Å². The van der Waals surface area contributed by atoms with Crippen LogP contribution in [0, 0.1) is 0 Å². The van der Waals surface area contributed by atoms with E-state index in [1.165, 1.54) is 5.54 Å². The average Bonchev–Trinajstić information content (AvgIpc) is 2.44. The number of halogens is 2. The first kappa shape index (κ1) is 10.4. The molecule has 0 bridgehead atoms. The first-order valence-electron chi connectivity index (χ1n) is 3.82. The van der Waals surface area contributed by atoms with E-state index in [1.54, 1.807) is 17.9 Å². The highest BCUT2D eigenvalue weighted by atomic mass is 35.5. The number of hydrogen-bond acceptors (Lipinski definition) is 2. The van der Waals surface area contributed by atoms with Crippen molar-refractivity contribution in [2.45, 2.75) is 6.92 Å². The molecule has 0 radical (unpaired) electrons. The van der Waals surface area contributed by atoms with Crippen LogP contribution in [0.4, 0.5) is 5.69 Å². The van der Waals surface area contributed by atoms with Crippen molar-refractivity contribution in [2.75, 3.05) is 11.9 Å². The van der Waals surface area contributed by atoms with Gasteiger partial charge in [-0.2, -0.15) is 5.10 Å². The monoisotopic (exact) mass is 219 g/mol. The topological polar surface area (TPSA) is 29.9 Å². The van der Waals surface area contributed by atoms with Gasteiger partial charge in [-0.1, -0.05) is 23.2 Å². The number of anilines is 1. The molecule has 1 N–H and O–H groups in total. The maximum absolute atomic E-state index is 5.92. The maximum Gasteiger partial charge on any atom is 0.149 e. The second kappa shape index (κ2) is 4.53. The van der Waals surface area contributed by atoms with Gasteiger partial charge in [-0.25, -0.2) is 0 Å². The molecule has 1 rings (SSSR count). The average molecular weight is 220 g/mol. The highest BCUT2D eigenvalue weighted by Crippen LogP contribution is 2.19. The van der Waals surface area contributed by atoms with E-state index in [1.807, 2.05) is 6.92 Å². The molecule has 72 valence electrons. The molecule has 0 spiro atoms. The van der Waals surface area contributed by atoms with Crippen LogP contribution in [0.3, 0.4) is 0 Å². The summed E-state index contributed by atoms with van der Waals surface area (Å²) >= 11 is 11.4. The molecule has 0 aliphatic rings.